The van der Waals surface area contributed by atoms with E-state index in [9.17, 15) is 13.2 Å². The number of alkyl halides is 3. The summed E-state index contributed by atoms with van der Waals surface area (Å²) in [5, 5.41) is 0. The van der Waals surface area contributed by atoms with Crippen molar-refractivity contribution in [3.63, 3.8) is 0 Å². The number of rotatable bonds is 2. The number of allylic oxidation sites excluding steroid dienone is 3. The van der Waals surface area contributed by atoms with Gasteiger partial charge in [-0.3, -0.25) is 0 Å². The summed E-state index contributed by atoms with van der Waals surface area (Å²) in [5.41, 5.74) is 4.52. The molecular weight excluding hydrogens is 167 g/mol. The molecule has 1 nitrogen and oxygen atoms in total. The Balaban J connectivity index is 4.67. The first-order valence-electron chi connectivity index (χ1n) is 3.55. The second kappa shape index (κ2) is 4.30. The van der Waals surface area contributed by atoms with Gasteiger partial charge in [-0.1, -0.05) is 18.2 Å². The molecule has 0 aromatic heterocycles. The van der Waals surface area contributed by atoms with Gasteiger partial charge in [0.05, 0.1) is 5.57 Å². The van der Waals surface area contributed by atoms with Crippen molar-refractivity contribution in [2.45, 2.75) is 26.1 Å². The van der Waals surface area contributed by atoms with Gasteiger partial charge in [0.25, 0.3) is 0 Å². The Kier molecular flexibility index (Phi) is 4.03. The van der Waals surface area contributed by atoms with E-state index in [0.717, 1.165) is 12.2 Å². The highest BCUT2D eigenvalue weighted by molar-refractivity contribution is 5.24. The van der Waals surface area contributed by atoms with Crippen LogP contribution in [0.5, 0.6) is 0 Å². The molecule has 0 radical (unpaired) electrons. The highest BCUT2D eigenvalue weighted by atomic mass is 19.4. The van der Waals surface area contributed by atoms with Crippen LogP contribution in [0.2, 0.25) is 0 Å². The van der Waals surface area contributed by atoms with E-state index < -0.39 is 17.8 Å². The molecule has 1 unspecified atom stereocenters. The Bertz CT molecular complexity index is 189. The Morgan fingerprint density at radius 3 is 2.17 bits per heavy atom. The van der Waals surface area contributed by atoms with E-state index in [1.54, 1.807) is 0 Å². The Hall–Kier alpha value is -0.770. The molecule has 0 saturated carbocycles. The number of nitrogens with two attached hydrogens (primary N) is 1. The summed E-state index contributed by atoms with van der Waals surface area (Å²) in [5.74, 6) is 0. The molecule has 0 spiro atoms. The van der Waals surface area contributed by atoms with Crippen LogP contribution in [-0.4, -0.2) is 12.2 Å². The summed E-state index contributed by atoms with van der Waals surface area (Å²) in [6, 6.07) is -0.585. The summed E-state index contributed by atoms with van der Waals surface area (Å²) in [7, 11) is 0. The highest BCUT2D eigenvalue weighted by Gasteiger charge is 2.31. The molecule has 0 aliphatic heterocycles. The van der Waals surface area contributed by atoms with E-state index in [2.05, 4.69) is 0 Å². The van der Waals surface area contributed by atoms with Crippen molar-refractivity contribution in [1.82, 2.24) is 0 Å². The normalized spacial score (nSPS) is 17.0. The first-order chi connectivity index (χ1) is 5.38. The Morgan fingerprint density at radius 2 is 1.92 bits per heavy atom. The maximum Gasteiger partial charge on any atom is 0.416 e. The first kappa shape index (κ1) is 11.2. The maximum absolute atomic E-state index is 12.1. The number of hydrogen-bond donors (Lipinski definition) is 1. The van der Waals surface area contributed by atoms with Gasteiger partial charge < -0.3 is 5.73 Å². The monoisotopic (exact) mass is 179 g/mol. The van der Waals surface area contributed by atoms with Gasteiger partial charge in [0.2, 0.25) is 0 Å². The third kappa shape index (κ3) is 4.18. The molecule has 70 valence electrons. The van der Waals surface area contributed by atoms with Crippen LogP contribution in [0, 0.1) is 0 Å². The Labute approximate surface area is 69.8 Å². The molecule has 4 heteroatoms. The van der Waals surface area contributed by atoms with Crippen LogP contribution in [-0.2, 0) is 0 Å². The summed E-state index contributed by atoms with van der Waals surface area (Å²) in [6.07, 6.45) is -0.981. The van der Waals surface area contributed by atoms with Gasteiger partial charge in [-0.2, -0.15) is 13.2 Å². The van der Waals surface area contributed by atoms with Crippen LogP contribution in [0.3, 0.4) is 0 Å². The van der Waals surface area contributed by atoms with Crippen LogP contribution < -0.4 is 5.73 Å². The minimum atomic E-state index is -4.31. The molecule has 0 bridgehead atoms. The van der Waals surface area contributed by atoms with Crippen molar-refractivity contribution in [3.8, 4) is 0 Å². The lowest BCUT2D eigenvalue weighted by molar-refractivity contribution is -0.0885. The lowest BCUT2D eigenvalue weighted by atomic mass is 10.1. The van der Waals surface area contributed by atoms with Gasteiger partial charge in [-0.15, -0.1) is 0 Å². The highest BCUT2D eigenvalue weighted by Crippen LogP contribution is 2.26. The molecule has 0 aromatic carbocycles. The van der Waals surface area contributed by atoms with Crippen LogP contribution >= 0.6 is 0 Å². The molecule has 0 aliphatic carbocycles. The minimum Gasteiger partial charge on any atom is -0.325 e. The fourth-order valence-electron chi connectivity index (χ4n) is 0.707. The van der Waals surface area contributed by atoms with Gasteiger partial charge in [0.1, 0.15) is 0 Å². The smallest absolute Gasteiger partial charge is 0.325 e. The zero-order chi connectivity index (χ0) is 9.78. The van der Waals surface area contributed by atoms with Gasteiger partial charge in [0, 0.05) is 6.04 Å². The summed E-state index contributed by atoms with van der Waals surface area (Å²) in [6.45, 7) is 3.02. The van der Waals surface area contributed by atoms with Crippen LogP contribution in [0.4, 0.5) is 13.2 Å². The van der Waals surface area contributed by atoms with Crippen molar-refractivity contribution < 1.29 is 13.2 Å². The molecule has 0 aliphatic rings. The van der Waals surface area contributed by atoms with E-state index in [0.29, 0.717) is 0 Å². The van der Waals surface area contributed by atoms with Crippen LogP contribution in [0.25, 0.3) is 0 Å². The van der Waals surface area contributed by atoms with E-state index >= 15 is 0 Å². The molecule has 12 heavy (non-hydrogen) atoms. The van der Waals surface area contributed by atoms with E-state index in [1.165, 1.54) is 19.9 Å². The van der Waals surface area contributed by atoms with Crippen molar-refractivity contribution in [2.24, 2.45) is 5.73 Å². The molecule has 0 fully saturated rings. The van der Waals surface area contributed by atoms with E-state index in [4.69, 9.17) is 5.73 Å². The Morgan fingerprint density at radius 1 is 1.42 bits per heavy atom. The summed E-state index contributed by atoms with van der Waals surface area (Å²) >= 11 is 0. The van der Waals surface area contributed by atoms with Crippen molar-refractivity contribution in [2.75, 3.05) is 0 Å². The summed E-state index contributed by atoms with van der Waals surface area (Å²) in [4.78, 5) is 0. The largest absolute Gasteiger partial charge is 0.416 e. The zero-order valence-electron chi connectivity index (χ0n) is 7.02. The third-order valence-corrected chi connectivity index (χ3v) is 1.12. The molecule has 2 N–H and O–H groups in total. The van der Waals surface area contributed by atoms with E-state index in [-0.39, 0.29) is 0 Å². The quantitative estimate of drug-likeness (QED) is 0.647. The van der Waals surface area contributed by atoms with Gasteiger partial charge in [-0.05, 0) is 13.8 Å². The first-order valence-corrected chi connectivity index (χ1v) is 3.55. The SMILES string of the molecule is C/C=C\C(=C/C(C)N)C(F)(F)F. The molecule has 1 atom stereocenters. The molecule has 0 heterocycles. The minimum absolute atomic E-state index is 0.585. The second-order valence-electron chi connectivity index (χ2n) is 2.48. The molecule has 0 rings (SSSR count). The fraction of sp³-hybridized carbons (Fsp3) is 0.500. The van der Waals surface area contributed by atoms with Crippen molar-refractivity contribution in [1.29, 1.82) is 0 Å². The van der Waals surface area contributed by atoms with Gasteiger partial charge in [-0.25, -0.2) is 0 Å². The van der Waals surface area contributed by atoms with E-state index in [1.807, 2.05) is 0 Å². The van der Waals surface area contributed by atoms with Crippen molar-refractivity contribution >= 4 is 0 Å². The average Bonchev–Trinajstić information content (AvgIpc) is 1.83. The van der Waals surface area contributed by atoms with Gasteiger partial charge in [0.15, 0.2) is 0 Å². The lowest BCUT2D eigenvalue weighted by Gasteiger charge is -2.08. The molecular formula is C8H12F3N. The number of hydrogen-bond acceptors (Lipinski definition) is 1. The third-order valence-electron chi connectivity index (χ3n) is 1.12. The van der Waals surface area contributed by atoms with Crippen molar-refractivity contribution in [3.05, 3.63) is 23.8 Å². The fourth-order valence-corrected chi connectivity index (χ4v) is 0.707. The summed E-state index contributed by atoms with van der Waals surface area (Å²) < 4.78 is 36.3. The predicted molar refractivity (Wildman–Crippen MR) is 42.6 cm³/mol. The van der Waals surface area contributed by atoms with Crippen LogP contribution in [0.1, 0.15) is 13.8 Å². The predicted octanol–water partition coefficient (Wildman–Crippen LogP) is 2.40. The molecule has 0 saturated heterocycles. The van der Waals surface area contributed by atoms with Gasteiger partial charge >= 0.3 is 6.18 Å². The topological polar surface area (TPSA) is 26.0 Å². The zero-order valence-corrected chi connectivity index (χ0v) is 7.02. The van der Waals surface area contributed by atoms with Crippen LogP contribution in [0.15, 0.2) is 23.8 Å². The molecule has 0 aromatic rings. The maximum atomic E-state index is 12.1. The number of halogens is 3. The standard InChI is InChI=1S/C8H12F3N/c1-3-4-7(5-6(2)12)8(9,10)11/h3-6H,12H2,1-2H3/b4-3-,7-5+. The average molecular weight is 179 g/mol. The lowest BCUT2D eigenvalue weighted by Crippen LogP contribution is -2.17. The second-order valence-corrected chi connectivity index (χ2v) is 2.48. The molecule has 0 amide bonds.